The molecule has 2 rings (SSSR count). The molecule has 18 heavy (non-hydrogen) atoms. The molecular weight excluding hydrogens is 228 g/mol. The zero-order chi connectivity index (χ0) is 13.1. The maximum atomic E-state index is 11.4. The molecule has 1 atom stereocenters. The fourth-order valence-electron chi connectivity index (χ4n) is 1.81. The molecule has 0 spiro atoms. The van der Waals surface area contributed by atoms with Crippen LogP contribution in [0.1, 0.15) is 12.5 Å². The smallest absolute Gasteiger partial charge is 0.328 e. The Hall–Kier alpha value is -2.10. The average molecular weight is 244 g/mol. The van der Waals surface area contributed by atoms with Crippen LogP contribution in [0.5, 0.6) is 0 Å². The molecule has 1 aromatic heterocycles. The van der Waals surface area contributed by atoms with Crippen molar-refractivity contribution in [3.05, 3.63) is 35.9 Å². The Kier molecular flexibility index (Phi) is 3.46. The standard InChI is InChI=1S/C14H16N2O2/c1-9-8-11-6-4-5-7-12(11)16-13(9)15-10(2)14(17)18-3/h4-8,10H,1-3H3,(H,15,16). The SMILES string of the molecule is COC(=O)C(C)Nc1nc2ccccc2cc1C. The average Bonchev–Trinajstić information content (AvgIpc) is 2.38. The molecular formula is C14H16N2O2. The Morgan fingerprint density at radius 2 is 2.11 bits per heavy atom. The van der Waals surface area contributed by atoms with Crippen molar-refractivity contribution >= 4 is 22.7 Å². The van der Waals surface area contributed by atoms with Gasteiger partial charge in [0.05, 0.1) is 12.6 Å². The van der Waals surface area contributed by atoms with Crippen LogP contribution in [0, 0.1) is 6.92 Å². The molecule has 0 amide bonds. The van der Waals surface area contributed by atoms with Crippen molar-refractivity contribution in [2.45, 2.75) is 19.9 Å². The van der Waals surface area contributed by atoms with Crippen LogP contribution in [0.25, 0.3) is 10.9 Å². The van der Waals surface area contributed by atoms with Gasteiger partial charge in [-0.25, -0.2) is 9.78 Å². The molecule has 0 aliphatic carbocycles. The number of para-hydroxylation sites is 1. The predicted molar refractivity (Wildman–Crippen MR) is 71.6 cm³/mol. The van der Waals surface area contributed by atoms with E-state index in [0.717, 1.165) is 16.5 Å². The second kappa shape index (κ2) is 5.04. The number of nitrogens with zero attached hydrogens (tertiary/aromatic N) is 1. The maximum Gasteiger partial charge on any atom is 0.328 e. The highest BCUT2D eigenvalue weighted by molar-refractivity contribution is 5.83. The van der Waals surface area contributed by atoms with Crippen molar-refractivity contribution in [1.29, 1.82) is 0 Å². The third kappa shape index (κ3) is 2.42. The maximum absolute atomic E-state index is 11.4. The molecule has 0 bridgehead atoms. The Balaban J connectivity index is 2.33. The summed E-state index contributed by atoms with van der Waals surface area (Å²) in [5.74, 6) is 0.413. The van der Waals surface area contributed by atoms with Crippen molar-refractivity contribution in [2.24, 2.45) is 0 Å². The second-order valence-corrected chi connectivity index (χ2v) is 4.24. The molecule has 0 saturated heterocycles. The van der Waals surface area contributed by atoms with E-state index < -0.39 is 6.04 Å². The number of methoxy groups -OCH3 is 1. The van der Waals surface area contributed by atoms with Gasteiger partial charge in [-0.2, -0.15) is 0 Å². The van der Waals surface area contributed by atoms with Gasteiger partial charge in [-0.1, -0.05) is 18.2 Å². The van der Waals surface area contributed by atoms with Crippen molar-refractivity contribution in [2.75, 3.05) is 12.4 Å². The highest BCUT2D eigenvalue weighted by Crippen LogP contribution is 2.20. The molecule has 0 aliphatic rings. The molecule has 1 heterocycles. The zero-order valence-corrected chi connectivity index (χ0v) is 10.7. The Morgan fingerprint density at radius 1 is 1.39 bits per heavy atom. The summed E-state index contributed by atoms with van der Waals surface area (Å²) in [5.41, 5.74) is 1.91. The number of aromatic nitrogens is 1. The predicted octanol–water partition coefficient (Wildman–Crippen LogP) is 2.52. The van der Waals surface area contributed by atoms with Gasteiger partial charge in [-0.15, -0.1) is 0 Å². The van der Waals surface area contributed by atoms with Crippen molar-refractivity contribution in [3.8, 4) is 0 Å². The lowest BCUT2D eigenvalue weighted by molar-refractivity contribution is -0.141. The van der Waals surface area contributed by atoms with E-state index in [0.29, 0.717) is 5.82 Å². The number of ether oxygens (including phenoxy) is 1. The lowest BCUT2D eigenvalue weighted by Gasteiger charge is -2.14. The van der Waals surface area contributed by atoms with E-state index in [1.165, 1.54) is 7.11 Å². The largest absolute Gasteiger partial charge is 0.467 e. The van der Waals surface area contributed by atoms with Crippen LogP contribution in [0.15, 0.2) is 30.3 Å². The van der Waals surface area contributed by atoms with Crippen molar-refractivity contribution in [1.82, 2.24) is 4.98 Å². The van der Waals surface area contributed by atoms with Crippen LogP contribution in [0.3, 0.4) is 0 Å². The minimum Gasteiger partial charge on any atom is -0.467 e. The number of rotatable bonds is 3. The van der Waals surface area contributed by atoms with Crippen molar-refractivity contribution in [3.63, 3.8) is 0 Å². The summed E-state index contributed by atoms with van der Waals surface area (Å²) in [4.78, 5) is 15.9. The number of anilines is 1. The number of carbonyl (C=O) groups excluding carboxylic acids is 1. The molecule has 0 aliphatic heterocycles. The number of carbonyl (C=O) groups is 1. The molecule has 0 radical (unpaired) electrons. The van der Waals surface area contributed by atoms with E-state index in [4.69, 9.17) is 0 Å². The highest BCUT2D eigenvalue weighted by Gasteiger charge is 2.14. The molecule has 4 nitrogen and oxygen atoms in total. The van der Waals surface area contributed by atoms with E-state index >= 15 is 0 Å². The van der Waals surface area contributed by atoms with Gasteiger partial charge < -0.3 is 10.1 Å². The van der Waals surface area contributed by atoms with E-state index in [-0.39, 0.29) is 5.97 Å². The molecule has 4 heteroatoms. The molecule has 94 valence electrons. The Morgan fingerprint density at radius 3 is 2.83 bits per heavy atom. The number of fused-ring (bicyclic) bond motifs is 1. The molecule has 1 unspecified atom stereocenters. The quantitative estimate of drug-likeness (QED) is 0.843. The third-order valence-corrected chi connectivity index (χ3v) is 2.82. The van der Waals surface area contributed by atoms with E-state index in [1.54, 1.807) is 6.92 Å². The monoisotopic (exact) mass is 244 g/mol. The van der Waals surface area contributed by atoms with Gasteiger partial charge in [-0.05, 0) is 31.5 Å². The van der Waals surface area contributed by atoms with E-state index in [9.17, 15) is 4.79 Å². The lowest BCUT2D eigenvalue weighted by Crippen LogP contribution is -2.28. The molecule has 1 aromatic carbocycles. The van der Waals surface area contributed by atoms with Gasteiger partial charge in [0.2, 0.25) is 0 Å². The lowest BCUT2D eigenvalue weighted by atomic mass is 10.1. The number of pyridine rings is 1. The van der Waals surface area contributed by atoms with Crippen LogP contribution >= 0.6 is 0 Å². The number of hydrogen-bond donors (Lipinski definition) is 1. The zero-order valence-electron chi connectivity index (χ0n) is 10.7. The number of aryl methyl sites for hydroxylation is 1. The summed E-state index contributed by atoms with van der Waals surface area (Å²) < 4.78 is 4.68. The first kappa shape index (κ1) is 12.4. The van der Waals surface area contributed by atoms with Crippen LogP contribution in [-0.4, -0.2) is 24.1 Å². The first-order valence-corrected chi connectivity index (χ1v) is 5.82. The molecule has 0 saturated carbocycles. The third-order valence-electron chi connectivity index (χ3n) is 2.82. The van der Waals surface area contributed by atoms with Gasteiger partial charge in [0.15, 0.2) is 0 Å². The topological polar surface area (TPSA) is 51.2 Å². The minimum atomic E-state index is -0.414. The minimum absolute atomic E-state index is 0.302. The van der Waals surface area contributed by atoms with Crippen LogP contribution in [-0.2, 0) is 9.53 Å². The summed E-state index contributed by atoms with van der Waals surface area (Å²) in [6.07, 6.45) is 0. The molecule has 0 fully saturated rings. The van der Waals surface area contributed by atoms with E-state index in [1.807, 2.05) is 31.2 Å². The summed E-state index contributed by atoms with van der Waals surface area (Å²) in [6, 6.07) is 9.52. The van der Waals surface area contributed by atoms with Gasteiger partial charge in [-0.3, -0.25) is 0 Å². The van der Waals surface area contributed by atoms with Gasteiger partial charge in [0.1, 0.15) is 11.9 Å². The van der Waals surface area contributed by atoms with Crippen LogP contribution in [0.2, 0.25) is 0 Å². The molecule has 1 N–H and O–H groups in total. The van der Waals surface area contributed by atoms with E-state index in [2.05, 4.69) is 21.1 Å². The van der Waals surface area contributed by atoms with Crippen LogP contribution in [0.4, 0.5) is 5.82 Å². The number of hydrogen-bond acceptors (Lipinski definition) is 4. The Bertz CT molecular complexity index is 581. The Labute approximate surface area is 106 Å². The van der Waals surface area contributed by atoms with Gasteiger partial charge in [0.25, 0.3) is 0 Å². The number of nitrogens with one attached hydrogen (secondary N) is 1. The first-order valence-electron chi connectivity index (χ1n) is 5.82. The molecule has 2 aromatic rings. The summed E-state index contributed by atoms with van der Waals surface area (Å²) in [6.45, 7) is 3.72. The first-order chi connectivity index (χ1) is 8.61. The van der Waals surface area contributed by atoms with Gasteiger partial charge >= 0.3 is 5.97 Å². The normalized spacial score (nSPS) is 12.2. The second-order valence-electron chi connectivity index (χ2n) is 4.24. The van der Waals surface area contributed by atoms with Gasteiger partial charge in [0, 0.05) is 5.39 Å². The number of benzene rings is 1. The summed E-state index contributed by atoms with van der Waals surface area (Å²) in [5, 5.41) is 4.16. The highest BCUT2D eigenvalue weighted by atomic mass is 16.5. The summed E-state index contributed by atoms with van der Waals surface area (Å²) in [7, 11) is 1.38. The number of esters is 1. The van der Waals surface area contributed by atoms with Crippen LogP contribution < -0.4 is 5.32 Å². The van der Waals surface area contributed by atoms with Crippen molar-refractivity contribution < 1.29 is 9.53 Å². The summed E-state index contributed by atoms with van der Waals surface area (Å²) >= 11 is 0. The fraction of sp³-hybridized carbons (Fsp3) is 0.286. The fourth-order valence-corrected chi connectivity index (χ4v) is 1.81.